The molecule has 0 fully saturated rings. The van der Waals surface area contributed by atoms with Crippen LogP contribution in [0.3, 0.4) is 0 Å². The average Bonchev–Trinajstić information content (AvgIpc) is 2.09. The van der Waals surface area contributed by atoms with Crippen molar-refractivity contribution in [2.75, 3.05) is 13.3 Å². The summed E-state index contributed by atoms with van der Waals surface area (Å²) in [5.41, 5.74) is 0. The molecule has 0 saturated heterocycles. The van der Waals surface area contributed by atoms with E-state index in [9.17, 15) is 4.79 Å². The van der Waals surface area contributed by atoms with Gasteiger partial charge in [0.15, 0.2) is 5.78 Å². The molecular formula is C8H14BO3P. The van der Waals surface area contributed by atoms with Crippen LogP contribution in [0.15, 0.2) is 12.2 Å². The van der Waals surface area contributed by atoms with Gasteiger partial charge in [-0.3, -0.25) is 4.79 Å². The van der Waals surface area contributed by atoms with Gasteiger partial charge >= 0.3 is 0 Å². The van der Waals surface area contributed by atoms with Crippen molar-refractivity contribution in [3.8, 4) is 0 Å². The van der Waals surface area contributed by atoms with Crippen LogP contribution in [0.1, 0.15) is 13.3 Å². The molecule has 1 N–H and O–H groups in total. The third-order valence-electron chi connectivity index (χ3n) is 1.36. The van der Waals surface area contributed by atoms with E-state index in [0.29, 0.717) is 6.42 Å². The van der Waals surface area contributed by atoms with Crippen molar-refractivity contribution in [3.63, 3.8) is 0 Å². The third kappa shape index (κ3) is 6.94. The van der Waals surface area contributed by atoms with Crippen molar-refractivity contribution < 1.29 is 14.4 Å². The van der Waals surface area contributed by atoms with Crippen LogP contribution in [-0.2, 0) is 9.32 Å². The number of rotatable bonds is 7. The first-order valence-corrected chi connectivity index (χ1v) is 5.74. The molecule has 72 valence electrons. The highest BCUT2D eigenvalue weighted by molar-refractivity contribution is 7.77. The number of carbonyl (C=O) groups excluding carboxylic acids is 1. The van der Waals surface area contributed by atoms with Gasteiger partial charge in [0.2, 0.25) is 1.43 Å². The second-order valence-corrected chi connectivity index (χ2v) is 3.93. The molecule has 1 unspecified atom stereocenters. The number of ketones is 1. The number of carbonyl (C=O) groups is 1. The molecular weight excluding hydrogens is 186 g/mol. The van der Waals surface area contributed by atoms with Crippen molar-refractivity contribution in [1.82, 2.24) is 0 Å². The first-order valence-electron chi connectivity index (χ1n) is 4.37. The molecule has 13 heavy (non-hydrogen) atoms. The van der Waals surface area contributed by atoms with E-state index in [1.807, 2.05) is 0 Å². The van der Waals surface area contributed by atoms with E-state index in [2.05, 4.69) is 5.11 Å². The molecule has 0 aliphatic rings. The lowest BCUT2D eigenvalue weighted by molar-refractivity contribution is -0.123. The van der Waals surface area contributed by atoms with Crippen LogP contribution in [0, 0.1) is 0 Å². The SMILES string of the molecule is [3H]OC/C=C/C[C@@H](OP([B])C)C(C)=O. The summed E-state index contributed by atoms with van der Waals surface area (Å²) in [5.74, 6) is -0.0405. The second kappa shape index (κ2) is 7.25. The molecule has 0 bridgehead atoms. The number of Topliss-reactive ketones (excluding diaryl/α,β-unsaturated/α-hetero) is 1. The molecule has 2 atom stereocenters. The van der Waals surface area contributed by atoms with Gasteiger partial charge < -0.3 is 9.63 Å². The quantitative estimate of drug-likeness (QED) is 0.380. The third-order valence-corrected chi connectivity index (χ3v) is 1.95. The zero-order chi connectivity index (χ0) is 11.0. The molecule has 0 heterocycles. The Morgan fingerprint density at radius 3 is 3.00 bits per heavy atom. The minimum atomic E-state index is -1.02. The fourth-order valence-electron chi connectivity index (χ4n) is 0.772. The van der Waals surface area contributed by atoms with E-state index in [1.165, 1.54) is 6.92 Å². The van der Waals surface area contributed by atoms with Gasteiger partial charge in [0.25, 0.3) is 0 Å². The van der Waals surface area contributed by atoms with Gasteiger partial charge in [0, 0.05) is 0 Å². The zero-order valence-corrected chi connectivity index (χ0v) is 8.79. The standard InChI is InChI=1S/C8H14BO3P/c1-7(11)8(12-13(2)9)5-3-4-6-10/h3-4,8,10H,5-6H2,1-2H3/b4-3+/t8-,13?/m1/s1/i10T. The molecule has 0 amide bonds. The topological polar surface area (TPSA) is 46.5 Å². The summed E-state index contributed by atoms with van der Waals surface area (Å²) in [6.07, 6.45) is 3.42. The highest BCUT2D eigenvalue weighted by Gasteiger charge is 2.13. The Bertz CT molecular complexity index is 199. The Morgan fingerprint density at radius 2 is 2.54 bits per heavy atom. The van der Waals surface area contributed by atoms with E-state index < -0.39 is 14.1 Å². The van der Waals surface area contributed by atoms with E-state index >= 15 is 0 Å². The number of aliphatic hydroxyl groups excluding tert-OH is 1. The first kappa shape index (κ1) is 10.9. The summed E-state index contributed by atoms with van der Waals surface area (Å²) in [4.78, 5) is 11.1. The zero-order valence-electron chi connectivity index (χ0n) is 8.90. The normalized spacial score (nSPS) is 16.9. The summed E-state index contributed by atoms with van der Waals surface area (Å²) >= 11 is 0. The fraction of sp³-hybridized carbons (Fsp3) is 0.625. The second-order valence-electron chi connectivity index (χ2n) is 2.62. The number of aliphatic hydroxyl groups is 1. The minimum Gasteiger partial charge on any atom is -0.392 e. The van der Waals surface area contributed by atoms with Crippen LogP contribution in [0.25, 0.3) is 0 Å². The molecule has 0 aromatic heterocycles. The monoisotopic (exact) mass is 202 g/mol. The van der Waals surface area contributed by atoms with Gasteiger partial charge in [0.1, 0.15) is 13.7 Å². The van der Waals surface area contributed by atoms with Gasteiger partial charge in [-0.15, -0.1) is 0 Å². The molecule has 0 rings (SSSR count). The molecule has 0 aromatic carbocycles. The maximum absolute atomic E-state index is 11.1. The van der Waals surface area contributed by atoms with Gasteiger partial charge in [-0.25, -0.2) is 0 Å². The van der Waals surface area contributed by atoms with Crippen molar-refractivity contribution in [3.05, 3.63) is 12.2 Å². The van der Waals surface area contributed by atoms with E-state index in [1.54, 1.807) is 18.8 Å². The van der Waals surface area contributed by atoms with Crippen LogP contribution in [0.2, 0.25) is 0 Å². The lowest BCUT2D eigenvalue weighted by Crippen LogP contribution is -2.18. The maximum Gasteiger partial charge on any atom is 0.210 e. The lowest BCUT2D eigenvalue weighted by Gasteiger charge is -2.16. The minimum absolute atomic E-state index is 0.0405. The van der Waals surface area contributed by atoms with E-state index in [0.717, 1.165) is 0 Å². The largest absolute Gasteiger partial charge is 0.392 e. The van der Waals surface area contributed by atoms with E-state index in [-0.39, 0.29) is 12.4 Å². The maximum atomic E-state index is 11.1. The predicted molar refractivity (Wildman–Crippen MR) is 55.0 cm³/mol. The molecule has 0 aliphatic heterocycles. The highest BCUT2D eigenvalue weighted by atomic mass is 31.1. The summed E-state index contributed by atoms with van der Waals surface area (Å²) < 4.78 is 11.7. The molecule has 5 heteroatoms. The first-order chi connectivity index (χ1) is 6.57. The average molecular weight is 202 g/mol. The Morgan fingerprint density at radius 1 is 1.85 bits per heavy atom. The summed E-state index contributed by atoms with van der Waals surface area (Å²) in [6, 6.07) is 0. The Labute approximate surface area is 82.9 Å². The number of hydrogen-bond donors (Lipinski definition) is 1. The smallest absolute Gasteiger partial charge is 0.210 e. The van der Waals surface area contributed by atoms with Gasteiger partial charge in [-0.1, -0.05) is 12.2 Å². The molecule has 0 spiro atoms. The van der Waals surface area contributed by atoms with Crippen LogP contribution < -0.4 is 0 Å². The lowest BCUT2D eigenvalue weighted by atomic mass is 10.2. The van der Waals surface area contributed by atoms with E-state index in [4.69, 9.17) is 13.5 Å². The fourth-order valence-corrected chi connectivity index (χ4v) is 1.41. The molecule has 0 saturated carbocycles. The van der Waals surface area contributed by atoms with Gasteiger partial charge in [-0.2, -0.15) is 0 Å². The van der Waals surface area contributed by atoms with Crippen molar-refractivity contribution in [2.45, 2.75) is 19.4 Å². The van der Waals surface area contributed by atoms with Crippen LogP contribution in [-0.4, -0.2) is 39.3 Å². The molecule has 0 aliphatic carbocycles. The highest BCUT2D eigenvalue weighted by Crippen LogP contribution is 2.28. The van der Waals surface area contributed by atoms with Gasteiger partial charge in [-0.05, 0) is 28.0 Å². The van der Waals surface area contributed by atoms with Gasteiger partial charge in [0.05, 0.1) is 6.61 Å². The molecule has 2 radical (unpaired) electrons. The predicted octanol–water partition coefficient (Wildman–Crippen LogP) is 1.01. The van der Waals surface area contributed by atoms with Crippen LogP contribution in [0.4, 0.5) is 0 Å². The van der Waals surface area contributed by atoms with Crippen LogP contribution in [0.5, 0.6) is 0 Å². The summed E-state index contributed by atoms with van der Waals surface area (Å²) in [5, 5.41) is 4.08. The van der Waals surface area contributed by atoms with Crippen molar-refractivity contribution >= 4 is 21.4 Å². The summed E-state index contributed by atoms with van der Waals surface area (Å²) in [7, 11) is 4.45. The summed E-state index contributed by atoms with van der Waals surface area (Å²) in [6.45, 7) is 3.42. The van der Waals surface area contributed by atoms with Crippen LogP contribution >= 0.6 is 8.03 Å². The van der Waals surface area contributed by atoms with Crippen molar-refractivity contribution in [2.24, 2.45) is 0 Å². The molecule has 0 aromatic rings. The Balaban J connectivity index is 3.91. The number of hydrogen-bond acceptors (Lipinski definition) is 3. The molecule has 3 nitrogen and oxygen atoms in total. The van der Waals surface area contributed by atoms with Crippen molar-refractivity contribution in [1.29, 1.82) is 1.43 Å². The Kier molecular flexibility index (Phi) is 6.08. The Hall–Kier alpha value is -0.175.